The van der Waals surface area contributed by atoms with Crippen molar-refractivity contribution in [1.29, 1.82) is 0 Å². The Kier molecular flexibility index (Phi) is 13.9. The van der Waals surface area contributed by atoms with Crippen molar-refractivity contribution >= 4 is 23.3 Å². The number of likely N-dealkylation sites (N-methyl/N-ethyl adjacent to an activating group) is 2. The van der Waals surface area contributed by atoms with Crippen molar-refractivity contribution in [3.05, 3.63) is 101 Å². The van der Waals surface area contributed by atoms with Gasteiger partial charge >= 0.3 is 0 Å². The van der Waals surface area contributed by atoms with Gasteiger partial charge in [0.25, 0.3) is 0 Å². The molecule has 1 aliphatic carbocycles. The average molecular weight is 704 g/mol. The molecule has 3 N–H and O–H groups in total. The molecule has 2 aromatic carbocycles. The van der Waals surface area contributed by atoms with E-state index in [0.717, 1.165) is 55.5 Å². The van der Waals surface area contributed by atoms with Gasteiger partial charge in [-0.25, -0.2) is 8.78 Å². The highest BCUT2D eigenvalue weighted by molar-refractivity contribution is 5.95. The number of nitrogens with one attached hydrogen (secondary N) is 1. The van der Waals surface area contributed by atoms with Crippen LogP contribution in [0.5, 0.6) is 0 Å². The zero-order valence-electron chi connectivity index (χ0n) is 31.0. The van der Waals surface area contributed by atoms with E-state index >= 15 is 0 Å². The molecule has 2 unspecified atom stereocenters. The standard InChI is InChI=1S/C41H55F2N5O3/c1-28-24-32(30-12-8-7-9-13-30)18-17-31(28)27-37(47(5)38(49)15-10-21-41(2,3)44)40(51)48(6)36(26-29-16-19-34(42)35(43)25-29)39(50)45-22-20-33-14-11-23-46(33)4/h7-10,12-13,15-19,25,28,33,36-37H,11,14,20-24,26-27,44H2,1-6H3,(H,45,50)/b15-10+/t28?,33?,36-,37-/m1/s1. The summed E-state index contributed by atoms with van der Waals surface area (Å²) in [7, 11) is 5.21. The molecule has 0 radical (unpaired) electrons. The molecular weight excluding hydrogens is 648 g/mol. The number of nitrogens with zero attached hydrogens (tertiary/aromatic N) is 3. The van der Waals surface area contributed by atoms with Crippen molar-refractivity contribution in [1.82, 2.24) is 20.0 Å². The van der Waals surface area contributed by atoms with Gasteiger partial charge in [0.15, 0.2) is 11.6 Å². The summed E-state index contributed by atoms with van der Waals surface area (Å²) in [6.45, 7) is 7.27. The van der Waals surface area contributed by atoms with Gasteiger partial charge in [0.2, 0.25) is 17.7 Å². The van der Waals surface area contributed by atoms with Crippen molar-refractivity contribution in [2.75, 3.05) is 34.2 Å². The Hall–Kier alpha value is -4.15. The zero-order chi connectivity index (χ0) is 37.3. The normalized spacial score (nSPS) is 19.3. The summed E-state index contributed by atoms with van der Waals surface area (Å²) in [6.07, 6.45) is 11.6. The Labute approximate surface area is 302 Å². The van der Waals surface area contributed by atoms with Crippen LogP contribution in [0.1, 0.15) is 70.4 Å². The summed E-state index contributed by atoms with van der Waals surface area (Å²) in [5, 5.41) is 3.00. The van der Waals surface area contributed by atoms with Crippen LogP contribution in [0, 0.1) is 17.6 Å². The van der Waals surface area contributed by atoms with E-state index in [4.69, 9.17) is 5.73 Å². The van der Waals surface area contributed by atoms with Crippen molar-refractivity contribution in [3.8, 4) is 0 Å². The van der Waals surface area contributed by atoms with Crippen molar-refractivity contribution in [2.45, 2.75) is 89.4 Å². The Balaban J connectivity index is 1.63. The molecule has 1 fully saturated rings. The topological polar surface area (TPSA) is 99.0 Å². The molecule has 4 rings (SSSR count). The fourth-order valence-corrected chi connectivity index (χ4v) is 6.89. The van der Waals surface area contributed by atoms with E-state index in [-0.39, 0.29) is 24.7 Å². The monoisotopic (exact) mass is 703 g/mol. The third kappa shape index (κ3) is 11.2. The molecule has 0 bridgehead atoms. The van der Waals surface area contributed by atoms with Crippen LogP contribution >= 0.6 is 0 Å². The highest BCUT2D eigenvalue weighted by Crippen LogP contribution is 2.34. The van der Waals surface area contributed by atoms with Crippen LogP contribution in [-0.4, -0.2) is 90.3 Å². The van der Waals surface area contributed by atoms with Gasteiger partial charge < -0.3 is 25.8 Å². The second-order valence-electron chi connectivity index (χ2n) is 14.9. The van der Waals surface area contributed by atoms with Crippen LogP contribution in [0.3, 0.4) is 0 Å². The summed E-state index contributed by atoms with van der Waals surface area (Å²) >= 11 is 0. The summed E-state index contributed by atoms with van der Waals surface area (Å²) in [5.41, 5.74) is 9.32. The van der Waals surface area contributed by atoms with Gasteiger partial charge in [-0.1, -0.05) is 67.1 Å². The van der Waals surface area contributed by atoms with Crippen LogP contribution in [0.2, 0.25) is 0 Å². The summed E-state index contributed by atoms with van der Waals surface area (Å²) < 4.78 is 28.1. The molecule has 8 nitrogen and oxygen atoms in total. The lowest BCUT2D eigenvalue weighted by Gasteiger charge is -2.36. The SMILES string of the molecule is CC1CC(c2ccccc2)=CC=C1C[C@H](C(=O)N(C)[C@H](Cc1ccc(F)c(F)c1)C(=O)NCCC1CCCN1C)N(C)C(=O)/C=C/CC(C)(C)N. The first-order valence-electron chi connectivity index (χ1n) is 18.0. The Morgan fingerprint density at radius 3 is 2.37 bits per heavy atom. The Bertz CT molecular complexity index is 1620. The van der Waals surface area contributed by atoms with Crippen molar-refractivity contribution < 1.29 is 23.2 Å². The molecule has 3 amide bonds. The van der Waals surface area contributed by atoms with Crippen molar-refractivity contribution in [3.63, 3.8) is 0 Å². The predicted molar refractivity (Wildman–Crippen MR) is 199 cm³/mol. The minimum absolute atomic E-state index is 0.0350. The fraction of sp³-hybridized carbons (Fsp3) is 0.488. The summed E-state index contributed by atoms with van der Waals surface area (Å²) in [6, 6.07) is 12.0. The number of hydrogen-bond acceptors (Lipinski definition) is 5. The maximum absolute atomic E-state index is 14.6. The molecule has 10 heteroatoms. The largest absolute Gasteiger partial charge is 0.354 e. The Morgan fingerprint density at radius 2 is 1.75 bits per heavy atom. The van der Waals surface area contributed by atoms with Gasteiger partial charge in [0, 0.05) is 38.6 Å². The van der Waals surface area contributed by atoms with Crippen LogP contribution in [0.25, 0.3) is 5.57 Å². The number of carbonyl (C=O) groups is 3. The lowest BCUT2D eigenvalue weighted by Crippen LogP contribution is -2.55. The number of nitrogens with two attached hydrogens (primary N) is 1. The van der Waals surface area contributed by atoms with E-state index in [0.29, 0.717) is 24.6 Å². The number of benzene rings is 2. The molecular formula is C41H55F2N5O3. The third-order valence-electron chi connectivity index (χ3n) is 10.2. The maximum atomic E-state index is 14.6. The summed E-state index contributed by atoms with van der Waals surface area (Å²) in [5.74, 6) is -3.11. The number of carbonyl (C=O) groups excluding carboxylic acids is 3. The van der Waals surface area contributed by atoms with E-state index < -0.39 is 41.1 Å². The molecule has 51 heavy (non-hydrogen) atoms. The molecule has 0 saturated carbocycles. The van der Waals surface area contributed by atoms with Gasteiger partial charge in [-0.2, -0.15) is 0 Å². The average Bonchev–Trinajstić information content (AvgIpc) is 3.50. The molecule has 0 spiro atoms. The van der Waals surface area contributed by atoms with Crippen LogP contribution in [0.4, 0.5) is 8.78 Å². The molecule has 1 heterocycles. The van der Waals surface area contributed by atoms with Gasteiger partial charge in [-0.15, -0.1) is 0 Å². The highest BCUT2D eigenvalue weighted by Gasteiger charge is 2.36. The summed E-state index contributed by atoms with van der Waals surface area (Å²) in [4.78, 5) is 47.1. The number of amides is 3. The lowest BCUT2D eigenvalue weighted by atomic mass is 9.82. The predicted octanol–water partition coefficient (Wildman–Crippen LogP) is 5.89. The smallest absolute Gasteiger partial charge is 0.246 e. The molecule has 0 aromatic heterocycles. The third-order valence-corrected chi connectivity index (χ3v) is 10.2. The van der Waals surface area contributed by atoms with Crippen molar-refractivity contribution in [2.24, 2.45) is 11.7 Å². The van der Waals surface area contributed by atoms with E-state index in [1.165, 1.54) is 27.5 Å². The molecule has 276 valence electrons. The quantitative estimate of drug-likeness (QED) is 0.226. The van der Waals surface area contributed by atoms with Crippen LogP contribution < -0.4 is 11.1 Å². The first-order valence-corrected chi connectivity index (χ1v) is 18.0. The van der Waals surface area contributed by atoms with E-state index in [1.54, 1.807) is 20.2 Å². The first kappa shape index (κ1) is 39.6. The lowest BCUT2D eigenvalue weighted by molar-refractivity contribution is -0.146. The van der Waals surface area contributed by atoms with E-state index in [2.05, 4.69) is 42.4 Å². The minimum atomic E-state index is -1.04. The fourth-order valence-electron chi connectivity index (χ4n) is 6.89. The van der Waals surface area contributed by atoms with Crippen LogP contribution in [0.15, 0.2) is 78.4 Å². The van der Waals surface area contributed by atoms with E-state index in [1.807, 2.05) is 38.1 Å². The number of rotatable bonds is 15. The van der Waals surface area contributed by atoms with Crippen LogP contribution in [-0.2, 0) is 20.8 Å². The molecule has 2 aliphatic rings. The highest BCUT2D eigenvalue weighted by atomic mass is 19.2. The second-order valence-corrected chi connectivity index (χ2v) is 14.9. The maximum Gasteiger partial charge on any atom is 0.246 e. The number of halogens is 2. The Morgan fingerprint density at radius 1 is 1.02 bits per heavy atom. The van der Waals surface area contributed by atoms with Gasteiger partial charge in [0.1, 0.15) is 12.1 Å². The number of hydrogen-bond donors (Lipinski definition) is 2. The van der Waals surface area contributed by atoms with Gasteiger partial charge in [-0.3, -0.25) is 14.4 Å². The number of likely N-dealkylation sites (tertiary alicyclic amines) is 1. The minimum Gasteiger partial charge on any atom is -0.354 e. The van der Waals surface area contributed by atoms with E-state index in [9.17, 15) is 23.2 Å². The zero-order valence-corrected chi connectivity index (χ0v) is 31.0. The second kappa shape index (κ2) is 17.9. The van der Waals surface area contributed by atoms with Gasteiger partial charge in [0.05, 0.1) is 0 Å². The molecule has 1 aliphatic heterocycles. The number of allylic oxidation sites excluding steroid dienone is 3. The molecule has 4 atom stereocenters. The molecule has 2 aromatic rings. The van der Waals surface area contributed by atoms with Gasteiger partial charge in [-0.05, 0) is 107 Å². The molecule has 1 saturated heterocycles. The first-order chi connectivity index (χ1) is 24.1.